The fourth-order valence-electron chi connectivity index (χ4n) is 3.28. The van der Waals surface area contributed by atoms with Gasteiger partial charge in [-0.2, -0.15) is 0 Å². The van der Waals surface area contributed by atoms with Gasteiger partial charge in [0.15, 0.2) is 5.65 Å². The first-order valence-corrected chi connectivity index (χ1v) is 10.4. The van der Waals surface area contributed by atoms with Crippen molar-refractivity contribution in [3.8, 4) is 17.0 Å². The number of nitrogens with two attached hydrogens (primary N) is 1. The summed E-state index contributed by atoms with van der Waals surface area (Å²) in [6.07, 6.45) is 1.13. The van der Waals surface area contributed by atoms with E-state index in [2.05, 4.69) is 15.4 Å². The monoisotopic (exact) mass is 435 g/mol. The van der Waals surface area contributed by atoms with Crippen LogP contribution in [-0.4, -0.2) is 38.5 Å². The van der Waals surface area contributed by atoms with Crippen molar-refractivity contribution >= 4 is 11.5 Å². The van der Waals surface area contributed by atoms with Crippen LogP contribution in [0.3, 0.4) is 0 Å². The number of imidazole rings is 1. The second-order valence-corrected chi connectivity index (χ2v) is 7.79. The van der Waals surface area contributed by atoms with Crippen LogP contribution in [0.25, 0.3) is 16.9 Å². The topological polar surface area (TPSA) is 97.7 Å². The van der Waals surface area contributed by atoms with Gasteiger partial charge in [-0.1, -0.05) is 12.1 Å². The molecule has 0 spiro atoms. The molecule has 0 fully saturated rings. The Morgan fingerprint density at radius 1 is 1.12 bits per heavy atom. The molecular weight excluding hydrogens is 409 g/mol. The molecule has 0 bridgehead atoms. The molecule has 4 rings (SSSR count). The van der Waals surface area contributed by atoms with Gasteiger partial charge in [0, 0.05) is 5.56 Å². The van der Waals surface area contributed by atoms with Crippen LogP contribution in [0.2, 0.25) is 0 Å². The number of aliphatic hydroxyl groups is 1. The smallest absolute Gasteiger partial charge is 0.154 e. The zero-order chi connectivity index (χ0) is 22.7. The van der Waals surface area contributed by atoms with Crippen LogP contribution in [-0.2, 0) is 0 Å². The predicted octanol–water partition coefficient (Wildman–Crippen LogP) is 3.80. The molecule has 0 saturated carbocycles. The third-order valence-corrected chi connectivity index (χ3v) is 5.29. The van der Waals surface area contributed by atoms with E-state index in [0.29, 0.717) is 17.2 Å². The van der Waals surface area contributed by atoms with Gasteiger partial charge in [-0.05, 0) is 67.9 Å². The quantitative estimate of drug-likeness (QED) is 0.390. The van der Waals surface area contributed by atoms with E-state index in [1.807, 2.05) is 49.4 Å². The normalized spacial score (nSPS) is 14.2. The van der Waals surface area contributed by atoms with Gasteiger partial charge in [0.05, 0.1) is 30.1 Å². The van der Waals surface area contributed by atoms with E-state index in [4.69, 9.17) is 10.5 Å². The van der Waals surface area contributed by atoms with Crippen molar-refractivity contribution in [3.63, 3.8) is 0 Å². The SMILES string of the molecule is C[C@@H](Nc1ccc2ncc(-c3ccc(OC[C@@H](N)[C@@H](C)O)cc3)n2n1)c1cccc(F)c1. The van der Waals surface area contributed by atoms with E-state index in [-0.39, 0.29) is 18.5 Å². The Balaban J connectivity index is 1.52. The summed E-state index contributed by atoms with van der Waals surface area (Å²) in [6.45, 7) is 3.82. The van der Waals surface area contributed by atoms with E-state index < -0.39 is 12.1 Å². The van der Waals surface area contributed by atoms with Gasteiger partial charge in [-0.25, -0.2) is 13.9 Å². The van der Waals surface area contributed by atoms with E-state index in [1.165, 1.54) is 12.1 Å². The summed E-state index contributed by atoms with van der Waals surface area (Å²) in [5, 5.41) is 17.5. The van der Waals surface area contributed by atoms with Crippen LogP contribution < -0.4 is 15.8 Å². The number of ether oxygens (including phenoxy) is 1. The molecule has 2 heterocycles. The molecule has 2 aromatic carbocycles. The molecule has 0 amide bonds. The molecule has 32 heavy (non-hydrogen) atoms. The van der Waals surface area contributed by atoms with E-state index in [1.54, 1.807) is 23.7 Å². The van der Waals surface area contributed by atoms with Crippen LogP contribution in [0.1, 0.15) is 25.5 Å². The summed E-state index contributed by atoms with van der Waals surface area (Å²) in [6, 6.07) is 17.2. The summed E-state index contributed by atoms with van der Waals surface area (Å²) in [5.41, 5.74) is 9.11. The largest absolute Gasteiger partial charge is 0.492 e. The Bertz CT molecular complexity index is 1190. The molecule has 3 atom stereocenters. The number of aromatic nitrogens is 3. The highest BCUT2D eigenvalue weighted by Crippen LogP contribution is 2.25. The van der Waals surface area contributed by atoms with Crippen molar-refractivity contribution in [2.24, 2.45) is 5.73 Å². The lowest BCUT2D eigenvalue weighted by Gasteiger charge is -2.16. The van der Waals surface area contributed by atoms with Gasteiger partial charge in [-0.3, -0.25) is 0 Å². The van der Waals surface area contributed by atoms with Crippen LogP contribution >= 0.6 is 0 Å². The highest BCUT2D eigenvalue weighted by atomic mass is 19.1. The third-order valence-electron chi connectivity index (χ3n) is 5.29. The number of halogens is 1. The third kappa shape index (κ3) is 4.87. The van der Waals surface area contributed by atoms with Gasteiger partial charge in [0.2, 0.25) is 0 Å². The number of fused-ring (bicyclic) bond motifs is 1. The van der Waals surface area contributed by atoms with E-state index >= 15 is 0 Å². The molecule has 8 heteroatoms. The fourth-order valence-corrected chi connectivity index (χ4v) is 3.28. The van der Waals surface area contributed by atoms with Gasteiger partial charge in [0.25, 0.3) is 0 Å². The van der Waals surface area contributed by atoms with Crippen molar-refractivity contribution in [2.45, 2.75) is 32.0 Å². The molecule has 166 valence electrons. The maximum absolute atomic E-state index is 13.5. The number of hydrogen-bond acceptors (Lipinski definition) is 6. The maximum atomic E-state index is 13.5. The van der Waals surface area contributed by atoms with Gasteiger partial charge >= 0.3 is 0 Å². The zero-order valence-electron chi connectivity index (χ0n) is 17.9. The molecule has 0 aliphatic rings. The predicted molar refractivity (Wildman–Crippen MR) is 122 cm³/mol. The van der Waals surface area contributed by atoms with Crippen molar-refractivity contribution in [3.05, 3.63) is 78.2 Å². The first-order chi connectivity index (χ1) is 15.4. The summed E-state index contributed by atoms with van der Waals surface area (Å²) < 4.78 is 20.9. The maximum Gasteiger partial charge on any atom is 0.154 e. The Morgan fingerprint density at radius 3 is 2.62 bits per heavy atom. The van der Waals surface area contributed by atoms with Crippen LogP contribution in [0.15, 0.2) is 66.9 Å². The minimum Gasteiger partial charge on any atom is -0.492 e. The highest BCUT2D eigenvalue weighted by Gasteiger charge is 2.12. The van der Waals surface area contributed by atoms with Crippen molar-refractivity contribution in [2.75, 3.05) is 11.9 Å². The Labute approximate surface area is 185 Å². The highest BCUT2D eigenvalue weighted by molar-refractivity contribution is 5.64. The number of anilines is 1. The molecule has 0 saturated heterocycles. The molecule has 2 aromatic heterocycles. The molecule has 0 radical (unpaired) electrons. The average molecular weight is 436 g/mol. The standard InChI is InChI=1S/C24H26FN5O2/c1-15(18-4-3-5-19(25)12-18)28-23-10-11-24-27-13-22(30(24)29-23)17-6-8-20(9-7-17)32-14-21(26)16(2)31/h3-13,15-16,21,31H,14,26H2,1-2H3,(H,28,29)/t15-,16-,21-/m1/s1. The van der Waals surface area contributed by atoms with Gasteiger partial charge in [-0.15, -0.1) is 5.10 Å². The van der Waals surface area contributed by atoms with Crippen molar-refractivity contribution in [1.82, 2.24) is 14.6 Å². The minimum absolute atomic E-state index is 0.118. The number of benzene rings is 2. The van der Waals surface area contributed by atoms with Crippen LogP contribution in [0, 0.1) is 5.82 Å². The van der Waals surface area contributed by atoms with E-state index in [9.17, 15) is 9.50 Å². The Hall–Kier alpha value is -3.49. The number of hydrogen-bond donors (Lipinski definition) is 3. The minimum atomic E-state index is -0.634. The molecule has 0 unspecified atom stereocenters. The van der Waals surface area contributed by atoms with Crippen LogP contribution in [0.5, 0.6) is 5.75 Å². The molecule has 0 aliphatic carbocycles. The summed E-state index contributed by atoms with van der Waals surface area (Å²) >= 11 is 0. The molecule has 0 aliphatic heterocycles. The van der Waals surface area contributed by atoms with Gasteiger partial charge < -0.3 is 20.9 Å². The molecule has 4 N–H and O–H groups in total. The summed E-state index contributed by atoms with van der Waals surface area (Å²) in [4.78, 5) is 4.43. The second-order valence-electron chi connectivity index (χ2n) is 7.79. The number of nitrogens with zero attached hydrogens (tertiary/aromatic N) is 3. The fraction of sp³-hybridized carbons (Fsp3) is 0.250. The number of rotatable bonds is 8. The summed E-state index contributed by atoms with van der Waals surface area (Å²) in [7, 11) is 0. The lowest BCUT2D eigenvalue weighted by molar-refractivity contribution is 0.131. The first-order valence-electron chi connectivity index (χ1n) is 10.4. The van der Waals surface area contributed by atoms with Crippen LogP contribution in [0.4, 0.5) is 10.2 Å². The second kappa shape index (κ2) is 9.33. The molecule has 7 nitrogen and oxygen atoms in total. The lowest BCUT2D eigenvalue weighted by atomic mass is 10.1. The van der Waals surface area contributed by atoms with E-state index in [0.717, 1.165) is 16.8 Å². The molecule has 4 aromatic rings. The lowest BCUT2D eigenvalue weighted by Crippen LogP contribution is -2.37. The number of nitrogens with one attached hydrogen (secondary N) is 1. The Morgan fingerprint density at radius 2 is 1.91 bits per heavy atom. The van der Waals surface area contributed by atoms with Crippen molar-refractivity contribution < 1.29 is 14.2 Å². The average Bonchev–Trinajstić information content (AvgIpc) is 3.21. The first kappa shape index (κ1) is 21.7. The molecular formula is C24H26FN5O2. The number of aliphatic hydroxyl groups excluding tert-OH is 1. The zero-order valence-corrected chi connectivity index (χ0v) is 17.9. The van der Waals surface area contributed by atoms with Gasteiger partial charge in [0.1, 0.15) is 24.0 Å². The Kier molecular flexibility index (Phi) is 6.34. The summed E-state index contributed by atoms with van der Waals surface area (Å²) in [5.74, 6) is 1.05. The van der Waals surface area contributed by atoms with Crippen molar-refractivity contribution in [1.29, 1.82) is 0 Å².